The first-order valence-electron chi connectivity index (χ1n) is 23.5. The molecule has 2 aromatic carbocycles. The van der Waals surface area contributed by atoms with Gasteiger partial charge in [-0.3, -0.25) is 19.2 Å². The molecule has 3 saturated heterocycles. The van der Waals surface area contributed by atoms with Crippen LogP contribution in [0, 0.1) is 23.7 Å². The molecular formula is C51H72N4O12. The van der Waals surface area contributed by atoms with Gasteiger partial charge in [0.25, 0.3) is 23.6 Å². The van der Waals surface area contributed by atoms with Gasteiger partial charge in [-0.2, -0.15) is 0 Å². The van der Waals surface area contributed by atoms with Crippen LogP contribution in [0.3, 0.4) is 0 Å². The predicted octanol–water partition coefficient (Wildman–Crippen LogP) is 5.03. The highest BCUT2D eigenvalue weighted by Gasteiger charge is 2.43. The Morgan fingerprint density at radius 1 is 0.448 bits per heavy atom. The molecule has 0 aromatic heterocycles. The highest BCUT2D eigenvalue weighted by atomic mass is 16.6. The van der Waals surface area contributed by atoms with E-state index in [1.807, 2.05) is 41.5 Å². The van der Waals surface area contributed by atoms with E-state index in [1.165, 1.54) is 51.8 Å². The van der Waals surface area contributed by atoms with Crippen molar-refractivity contribution in [1.82, 2.24) is 19.6 Å². The molecule has 0 N–H and O–H groups in total. The third-order valence-electron chi connectivity index (χ3n) is 12.7. The van der Waals surface area contributed by atoms with E-state index in [9.17, 15) is 38.4 Å². The van der Waals surface area contributed by atoms with Crippen LogP contribution in [0.1, 0.15) is 98.6 Å². The first-order valence-corrected chi connectivity index (χ1v) is 23.5. The molecule has 0 aliphatic carbocycles. The third kappa shape index (κ3) is 14.6. The number of benzene rings is 2. The Balaban J connectivity index is 1.88. The summed E-state index contributed by atoms with van der Waals surface area (Å²) in [6.45, 7) is 14.0. The van der Waals surface area contributed by atoms with Crippen LogP contribution in [0.4, 0.5) is 0 Å². The van der Waals surface area contributed by atoms with Gasteiger partial charge < -0.3 is 38.5 Å². The Morgan fingerprint density at radius 3 is 1.21 bits per heavy atom. The molecule has 2 aromatic rings. The van der Waals surface area contributed by atoms with Gasteiger partial charge in [-0.25, -0.2) is 19.2 Å². The zero-order chi connectivity index (χ0) is 49.9. The average Bonchev–Trinajstić information content (AvgIpc) is 3.28. The van der Waals surface area contributed by atoms with Gasteiger partial charge in [0.1, 0.15) is 24.2 Å². The monoisotopic (exact) mass is 933 g/mol. The summed E-state index contributed by atoms with van der Waals surface area (Å²) in [7, 11) is 5.62. The van der Waals surface area contributed by atoms with Crippen LogP contribution in [0.25, 0.3) is 0 Å². The second-order valence-electron chi connectivity index (χ2n) is 19.4. The van der Waals surface area contributed by atoms with E-state index in [4.69, 9.17) is 18.9 Å². The van der Waals surface area contributed by atoms with Gasteiger partial charge >= 0.3 is 23.9 Å². The minimum absolute atomic E-state index is 0.0657. The van der Waals surface area contributed by atoms with E-state index < -0.39 is 96.1 Å². The van der Waals surface area contributed by atoms with Crippen molar-refractivity contribution in [2.45, 2.75) is 149 Å². The zero-order valence-electron chi connectivity index (χ0n) is 41.3. The molecule has 2 bridgehead atoms. The minimum atomic E-state index is -1.47. The molecule has 3 aliphatic heterocycles. The Kier molecular flexibility index (Phi) is 19.5. The van der Waals surface area contributed by atoms with Crippen molar-refractivity contribution in [2.75, 3.05) is 28.2 Å². The minimum Gasteiger partial charge on any atom is -0.451 e. The van der Waals surface area contributed by atoms with Gasteiger partial charge in [-0.1, -0.05) is 102 Å². The highest BCUT2D eigenvalue weighted by molar-refractivity contribution is 5.94. The molecule has 67 heavy (non-hydrogen) atoms. The van der Waals surface area contributed by atoms with Crippen LogP contribution in [0.2, 0.25) is 0 Å². The number of nitrogens with zero attached hydrogens (tertiary/aromatic N) is 4. The van der Waals surface area contributed by atoms with Gasteiger partial charge in [-0.05, 0) is 80.8 Å². The Labute approximate surface area is 395 Å². The second kappa shape index (κ2) is 24.3. The predicted molar refractivity (Wildman–Crippen MR) is 248 cm³/mol. The lowest BCUT2D eigenvalue weighted by molar-refractivity contribution is -0.176. The van der Waals surface area contributed by atoms with E-state index >= 15 is 0 Å². The molecule has 0 saturated carbocycles. The third-order valence-corrected chi connectivity index (χ3v) is 12.7. The van der Waals surface area contributed by atoms with E-state index in [0.29, 0.717) is 17.5 Å². The molecule has 3 fully saturated rings. The molecule has 5 rings (SSSR count). The van der Waals surface area contributed by atoms with E-state index in [0.717, 1.165) is 9.80 Å². The van der Waals surface area contributed by atoms with Gasteiger partial charge in [0, 0.05) is 41.0 Å². The molecule has 10 unspecified atom stereocenters. The van der Waals surface area contributed by atoms with Gasteiger partial charge in [0.2, 0.25) is 0 Å². The molecule has 16 nitrogen and oxygen atoms in total. The quantitative estimate of drug-likeness (QED) is 0.196. The highest BCUT2D eigenvalue weighted by Crippen LogP contribution is 2.28. The number of amides is 4. The van der Waals surface area contributed by atoms with Crippen LogP contribution < -0.4 is 0 Å². The average molecular weight is 933 g/mol. The van der Waals surface area contributed by atoms with Crippen LogP contribution in [0.15, 0.2) is 60.7 Å². The lowest BCUT2D eigenvalue weighted by Crippen LogP contribution is -2.55. The summed E-state index contributed by atoms with van der Waals surface area (Å²) in [5, 5.41) is 0. The number of fused-ring (bicyclic) bond motifs is 24. The molecule has 3 heterocycles. The molecule has 16 heteroatoms. The fraction of sp³-hybridized carbons (Fsp3) is 0.608. The Hall–Kier alpha value is -5.80. The summed E-state index contributed by atoms with van der Waals surface area (Å²) in [6.07, 6.45) is -5.02. The largest absolute Gasteiger partial charge is 0.451 e. The summed E-state index contributed by atoms with van der Waals surface area (Å²) in [4.78, 5) is 120. The number of likely N-dealkylation sites (N-methyl/N-ethyl adjacent to an activating group) is 4. The van der Waals surface area contributed by atoms with Crippen LogP contribution in [-0.4, -0.2) is 144 Å². The van der Waals surface area contributed by atoms with Crippen molar-refractivity contribution in [3.63, 3.8) is 0 Å². The number of hydrogen-bond donors (Lipinski definition) is 0. The number of ether oxygens (including phenoxy) is 4. The molecule has 368 valence electrons. The van der Waals surface area contributed by atoms with E-state index in [1.54, 1.807) is 60.7 Å². The van der Waals surface area contributed by atoms with Crippen molar-refractivity contribution < 1.29 is 57.3 Å². The number of carbonyl (C=O) groups is 8. The van der Waals surface area contributed by atoms with Crippen molar-refractivity contribution in [3.8, 4) is 0 Å². The standard InChI is InChI=1S/C51H72N4O12/c1-30(2)23-38-48(60)64-35(8)45(57)53(10)41-27-33(6)25-32(5)26-40(55(12)47(59)43(67-51(41)63)29-37-21-17-14-18-22-37)49(61)65-34(7)44(56)52(9)39(24-31(3)4)50(62)66-42(46(58)54(38)11)28-36-19-15-13-16-20-36/h13-22,30-35,38-43H,23-29H2,1-12H3. The van der Waals surface area contributed by atoms with Gasteiger partial charge in [0.15, 0.2) is 24.4 Å². The smallest absolute Gasteiger partial charge is 0.329 e. The van der Waals surface area contributed by atoms with Crippen LogP contribution in [-0.2, 0) is 70.1 Å². The lowest BCUT2D eigenvalue weighted by Gasteiger charge is -2.37. The maximum atomic E-state index is 14.6. The van der Waals surface area contributed by atoms with E-state index in [2.05, 4.69) is 0 Å². The summed E-state index contributed by atoms with van der Waals surface area (Å²) in [5.41, 5.74) is 1.31. The van der Waals surface area contributed by atoms with Crippen molar-refractivity contribution in [2.24, 2.45) is 23.7 Å². The topological polar surface area (TPSA) is 186 Å². The normalized spacial score (nSPS) is 28.6. The molecule has 3 aliphatic rings. The first-order chi connectivity index (χ1) is 31.5. The van der Waals surface area contributed by atoms with Crippen molar-refractivity contribution in [1.29, 1.82) is 0 Å². The Morgan fingerprint density at radius 2 is 0.776 bits per heavy atom. The first kappa shape index (κ1) is 53.8. The van der Waals surface area contributed by atoms with Gasteiger partial charge in [0.05, 0.1) is 0 Å². The molecule has 10 atom stereocenters. The SMILES string of the molecule is CC(C)CC1C(=O)OC(Cc2ccccc2)C(=O)N(C)C(CC(C)C)C(=O)OC(C)C(=O)N(C)C2CC(C)CC(C)CC(C(=O)OC(C)C(=O)N1C)N(C)C(=O)C(Cc1ccccc1)OC2=O. The lowest BCUT2D eigenvalue weighted by atomic mass is 9.87. The number of rotatable bonds is 8. The summed E-state index contributed by atoms with van der Waals surface area (Å²) < 4.78 is 23.8. The molecule has 0 radical (unpaired) electrons. The zero-order valence-corrected chi connectivity index (χ0v) is 41.3. The summed E-state index contributed by atoms with van der Waals surface area (Å²) >= 11 is 0. The van der Waals surface area contributed by atoms with Crippen molar-refractivity contribution in [3.05, 3.63) is 71.8 Å². The maximum absolute atomic E-state index is 14.6. The van der Waals surface area contributed by atoms with Gasteiger partial charge in [-0.15, -0.1) is 0 Å². The number of carbonyl (C=O) groups excluding carboxylic acids is 8. The van der Waals surface area contributed by atoms with Crippen LogP contribution in [0.5, 0.6) is 0 Å². The number of esters is 4. The Bertz CT molecular complexity index is 2040. The fourth-order valence-electron chi connectivity index (χ4n) is 8.89. The second-order valence-corrected chi connectivity index (χ2v) is 19.4. The summed E-state index contributed by atoms with van der Waals surface area (Å²) in [6, 6.07) is 12.8. The van der Waals surface area contributed by atoms with Crippen LogP contribution >= 0.6 is 0 Å². The molecule has 4 amide bonds. The van der Waals surface area contributed by atoms with Crippen molar-refractivity contribution >= 4 is 47.5 Å². The number of hydrogen-bond acceptors (Lipinski definition) is 12. The molecule has 0 spiro atoms. The van der Waals surface area contributed by atoms with E-state index in [-0.39, 0.29) is 62.2 Å². The maximum Gasteiger partial charge on any atom is 0.329 e. The summed E-state index contributed by atoms with van der Waals surface area (Å²) in [5.74, 6) is -7.17. The molecular weight excluding hydrogens is 861 g/mol. The fourth-order valence-corrected chi connectivity index (χ4v) is 8.89.